The Morgan fingerprint density at radius 1 is 1.09 bits per heavy atom. The molecule has 0 aliphatic heterocycles. The van der Waals surface area contributed by atoms with E-state index in [9.17, 15) is 18.4 Å². The topological polar surface area (TPSA) is 32.5 Å². The van der Waals surface area contributed by atoms with Crippen LogP contribution in [0.3, 0.4) is 0 Å². The molecule has 0 fully saturated rings. The third kappa shape index (κ3) is 3.28. The summed E-state index contributed by atoms with van der Waals surface area (Å²) in [6.07, 6.45) is -2.93. The van der Waals surface area contributed by atoms with Gasteiger partial charge in [0.2, 0.25) is 0 Å². The van der Waals surface area contributed by atoms with E-state index in [1.165, 1.54) is 18.2 Å². The Bertz CT molecular complexity index is 706. The van der Waals surface area contributed by atoms with Gasteiger partial charge in [-0.3, -0.25) is 5.21 Å². The van der Waals surface area contributed by atoms with Crippen molar-refractivity contribution in [3.8, 4) is 11.5 Å². The Morgan fingerprint density at radius 2 is 1.73 bits per heavy atom. The molecule has 0 heterocycles. The van der Waals surface area contributed by atoms with E-state index >= 15 is 0 Å². The fourth-order valence-corrected chi connectivity index (χ4v) is 1.89. The van der Waals surface area contributed by atoms with Crippen molar-refractivity contribution in [3.05, 3.63) is 60.2 Å². The molecule has 2 aromatic rings. The first-order valence-electron chi connectivity index (χ1n) is 6.23. The number of ether oxygens (including phenoxy) is 1. The van der Waals surface area contributed by atoms with Crippen molar-refractivity contribution in [1.82, 2.24) is 0 Å². The molecule has 0 aliphatic carbocycles. The zero-order valence-electron chi connectivity index (χ0n) is 11.5. The smallest absolute Gasteiger partial charge is 0.416 e. The molecule has 1 N–H and O–H groups in total. The van der Waals surface area contributed by atoms with Crippen LogP contribution in [-0.2, 0) is 6.18 Å². The van der Waals surface area contributed by atoms with Crippen molar-refractivity contribution in [3.63, 3.8) is 0 Å². The molecule has 0 atom stereocenters. The zero-order chi connectivity index (χ0) is 16.3. The summed E-state index contributed by atoms with van der Waals surface area (Å²) in [6.45, 7) is 6.99. The van der Waals surface area contributed by atoms with E-state index in [0.717, 1.165) is 12.1 Å². The third-order valence-corrected chi connectivity index (χ3v) is 2.93. The molecule has 0 radical (unpaired) electrons. The number of hydrogen-bond donors (Lipinski definition) is 1. The molecular formula is C16H13F3NO2+. The molecule has 0 aromatic heterocycles. The lowest BCUT2D eigenvalue weighted by molar-refractivity contribution is -0.706. The van der Waals surface area contributed by atoms with Gasteiger partial charge in [-0.05, 0) is 30.3 Å². The van der Waals surface area contributed by atoms with Gasteiger partial charge in [0.15, 0.2) is 6.72 Å². The number of nitrogens with zero attached hydrogens (tertiary/aromatic N) is 1. The van der Waals surface area contributed by atoms with Crippen molar-refractivity contribution < 1.29 is 27.9 Å². The molecule has 2 rings (SSSR count). The third-order valence-electron chi connectivity index (χ3n) is 2.93. The Balaban J connectivity index is 2.33. The van der Waals surface area contributed by atoms with Crippen LogP contribution < -0.4 is 4.74 Å². The molecule has 0 unspecified atom stereocenters. The lowest BCUT2D eigenvalue weighted by Crippen LogP contribution is -2.04. The lowest BCUT2D eigenvalue weighted by Gasteiger charge is -2.11. The monoisotopic (exact) mass is 308 g/mol. The molecule has 0 aliphatic rings. The average Bonchev–Trinajstić information content (AvgIpc) is 2.46. The van der Waals surface area contributed by atoms with Crippen molar-refractivity contribution in [2.75, 3.05) is 0 Å². The van der Waals surface area contributed by atoms with Gasteiger partial charge in [0, 0.05) is 10.8 Å². The van der Waals surface area contributed by atoms with E-state index in [0.29, 0.717) is 21.7 Å². The largest absolute Gasteiger partial charge is 0.456 e. The van der Waals surface area contributed by atoms with E-state index in [4.69, 9.17) is 4.74 Å². The van der Waals surface area contributed by atoms with Crippen LogP contribution in [0.2, 0.25) is 0 Å². The minimum Gasteiger partial charge on any atom is -0.456 e. The van der Waals surface area contributed by atoms with Crippen LogP contribution >= 0.6 is 0 Å². The van der Waals surface area contributed by atoms with Crippen LogP contribution in [0.5, 0.6) is 11.5 Å². The van der Waals surface area contributed by atoms with Crippen LogP contribution in [0.25, 0.3) is 6.08 Å². The van der Waals surface area contributed by atoms with Gasteiger partial charge in [-0.15, -0.1) is 0 Å². The van der Waals surface area contributed by atoms with E-state index in [-0.39, 0.29) is 5.75 Å². The predicted molar refractivity (Wildman–Crippen MR) is 76.9 cm³/mol. The van der Waals surface area contributed by atoms with E-state index < -0.39 is 11.7 Å². The number of halogens is 3. The van der Waals surface area contributed by atoms with E-state index in [1.807, 2.05) is 0 Å². The summed E-state index contributed by atoms with van der Waals surface area (Å²) in [5.74, 6) is 0.580. The van der Waals surface area contributed by atoms with Gasteiger partial charge in [0.05, 0.1) is 11.1 Å². The first-order chi connectivity index (χ1) is 10.3. The van der Waals surface area contributed by atoms with Crippen molar-refractivity contribution in [2.24, 2.45) is 0 Å². The van der Waals surface area contributed by atoms with E-state index in [2.05, 4.69) is 13.3 Å². The number of benzene rings is 2. The van der Waals surface area contributed by atoms with Crippen molar-refractivity contribution in [2.45, 2.75) is 6.18 Å². The van der Waals surface area contributed by atoms with E-state index in [1.54, 1.807) is 18.2 Å². The second kappa shape index (κ2) is 5.93. The molecule has 0 bridgehead atoms. The summed E-state index contributed by atoms with van der Waals surface area (Å²) in [6, 6.07) is 9.16. The number of hydrogen-bond acceptors (Lipinski definition) is 2. The fourth-order valence-electron chi connectivity index (χ4n) is 1.89. The van der Waals surface area contributed by atoms with Gasteiger partial charge < -0.3 is 4.74 Å². The van der Waals surface area contributed by atoms with Gasteiger partial charge in [-0.25, -0.2) is 0 Å². The molecule has 0 spiro atoms. The molecule has 22 heavy (non-hydrogen) atoms. The molecule has 114 valence electrons. The van der Waals surface area contributed by atoms with Gasteiger partial charge >= 0.3 is 6.18 Å². The van der Waals surface area contributed by atoms with Crippen LogP contribution in [0.15, 0.2) is 49.0 Å². The standard InChI is InChI=1S/C16H13F3NO2/c1-3-13-14(20(2)21)5-4-6-15(13)22-12-9-7-11(8-10-12)16(17,18)19/h3-10,21H,1-2H2/q+1. The Morgan fingerprint density at radius 3 is 2.23 bits per heavy atom. The molecule has 3 nitrogen and oxygen atoms in total. The van der Waals surface area contributed by atoms with Gasteiger partial charge in [-0.2, -0.15) is 13.2 Å². The summed E-state index contributed by atoms with van der Waals surface area (Å²) in [5, 5.41) is 9.45. The summed E-state index contributed by atoms with van der Waals surface area (Å²) < 4.78 is 43.8. The summed E-state index contributed by atoms with van der Waals surface area (Å²) in [7, 11) is 0. The van der Waals surface area contributed by atoms with Crippen molar-refractivity contribution >= 4 is 18.5 Å². The SMILES string of the molecule is C=Cc1c(Oc2ccc(C(F)(F)F)cc2)cccc1[N+](=C)O. The Labute approximate surface area is 125 Å². The molecule has 0 amide bonds. The maximum Gasteiger partial charge on any atom is 0.416 e. The van der Waals surface area contributed by atoms with Crippen LogP contribution in [-0.4, -0.2) is 16.7 Å². The Kier molecular flexibility index (Phi) is 4.21. The zero-order valence-corrected chi connectivity index (χ0v) is 11.5. The molecule has 0 saturated heterocycles. The lowest BCUT2D eigenvalue weighted by atomic mass is 10.1. The number of rotatable bonds is 4. The van der Waals surface area contributed by atoms with Gasteiger partial charge in [-0.1, -0.05) is 18.7 Å². The molecule has 2 aromatic carbocycles. The van der Waals surface area contributed by atoms with Crippen molar-refractivity contribution in [1.29, 1.82) is 0 Å². The fraction of sp³-hybridized carbons (Fsp3) is 0.0625. The quantitative estimate of drug-likeness (QED) is 0.378. The maximum absolute atomic E-state index is 12.5. The summed E-state index contributed by atoms with van der Waals surface area (Å²) >= 11 is 0. The second-order valence-electron chi connectivity index (χ2n) is 4.42. The first kappa shape index (κ1) is 15.6. The highest BCUT2D eigenvalue weighted by Crippen LogP contribution is 2.34. The summed E-state index contributed by atoms with van der Waals surface area (Å²) in [4.78, 5) is 0. The molecular weight excluding hydrogens is 295 g/mol. The minimum atomic E-state index is -4.39. The van der Waals surface area contributed by atoms with Crippen LogP contribution in [0.1, 0.15) is 11.1 Å². The first-order valence-corrected chi connectivity index (χ1v) is 6.23. The van der Waals surface area contributed by atoms with Gasteiger partial charge in [0.1, 0.15) is 11.5 Å². The predicted octanol–water partition coefficient (Wildman–Crippen LogP) is 4.87. The highest BCUT2D eigenvalue weighted by molar-refractivity contribution is 5.67. The highest BCUT2D eigenvalue weighted by atomic mass is 19.4. The Hall–Kier alpha value is -2.76. The average molecular weight is 308 g/mol. The highest BCUT2D eigenvalue weighted by Gasteiger charge is 2.30. The van der Waals surface area contributed by atoms with Crippen LogP contribution in [0, 0.1) is 0 Å². The molecule has 6 heteroatoms. The normalized spacial score (nSPS) is 11.0. The maximum atomic E-state index is 12.5. The molecule has 0 saturated carbocycles. The number of alkyl halides is 3. The summed E-state index contributed by atoms with van der Waals surface area (Å²) in [5.41, 5.74) is 0.0798. The minimum absolute atomic E-state index is 0.238. The van der Waals surface area contributed by atoms with Crippen LogP contribution in [0.4, 0.5) is 18.9 Å². The van der Waals surface area contributed by atoms with Gasteiger partial charge in [0.25, 0.3) is 5.69 Å². The second-order valence-corrected chi connectivity index (χ2v) is 4.42.